The Labute approximate surface area is 492 Å². The van der Waals surface area contributed by atoms with Gasteiger partial charge in [-0.2, -0.15) is 0 Å². The molecule has 2 saturated heterocycles. The van der Waals surface area contributed by atoms with Crippen molar-refractivity contribution in [3.8, 4) is 11.3 Å². The monoisotopic (exact) mass is 1220 g/mol. The summed E-state index contributed by atoms with van der Waals surface area (Å²) in [6.07, 6.45) is 13.4. The van der Waals surface area contributed by atoms with Gasteiger partial charge < -0.3 is 40.0 Å². The maximum atomic E-state index is 13.1. The fourth-order valence-electron chi connectivity index (χ4n) is 10.4. The highest BCUT2D eigenvalue weighted by Gasteiger charge is 2.44. The quantitative estimate of drug-likeness (QED) is 0.0791. The molecule has 2 aliphatic heterocycles. The predicted molar refractivity (Wildman–Crippen MR) is 323 cm³/mol. The summed E-state index contributed by atoms with van der Waals surface area (Å²) < 4.78 is 10.3. The second-order valence-corrected chi connectivity index (χ2v) is 25.4. The molecule has 8 aromatic rings. The molecule has 6 aromatic heterocycles. The smallest absolute Gasteiger partial charge is 0.413 e. The summed E-state index contributed by atoms with van der Waals surface area (Å²) >= 11 is 12.9. The fraction of sp³-hybridized carbons (Fsp3) is 0.456. The first-order valence-corrected chi connectivity index (χ1v) is 30.4. The van der Waals surface area contributed by atoms with Crippen molar-refractivity contribution < 1.29 is 19.1 Å². The van der Waals surface area contributed by atoms with Crippen molar-refractivity contribution in [2.24, 2.45) is 10.8 Å². The number of carbonyl (C=O) groups is 3. The molecule has 12 rings (SSSR count). The van der Waals surface area contributed by atoms with Crippen LogP contribution in [0.4, 0.5) is 27.8 Å². The van der Waals surface area contributed by atoms with Crippen LogP contribution in [0.3, 0.4) is 0 Å². The molecule has 2 aliphatic carbocycles. The van der Waals surface area contributed by atoms with E-state index in [-0.39, 0.29) is 17.6 Å². The molecule has 24 heteroatoms. The van der Waals surface area contributed by atoms with Crippen molar-refractivity contribution in [3.63, 3.8) is 0 Å². The lowest BCUT2D eigenvalue weighted by atomic mass is 9.88. The Morgan fingerprint density at radius 2 is 1.27 bits per heavy atom. The van der Waals surface area contributed by atoms with Crippen molar-refractivity contribution in [2.75, 3.05) is 47.0 Å². The van der Waals surface area contributed by atoms with Crippen LogP contribution < -0.4 is 31.5 Å². The van der Waals surface area contributed by atoms with Crippen molar-refractivity contribution in [3.05, 3.63) is 103 Å². The molecule has 0 radical (unpaired) electrons. The highest BCUT2D eigenvalue weighted by molar-refractivity contribution is 9.10. The molecular weight excluding hydrogens is 1150 g/mol. The van der Waals surface area contributed by atoms with Gasteiger partial charge in [-0.15, -0.1) is 22.7 Å². The number of carbonyl (C=O) groups excluding carboxylic acids is 3. The van der Waals surface area contributed by atoms with E-state index < -0.39 is 22.5 Å². The Kier molecular flexibility index (Phi) is 17.0. The second kappa shape index (κ2) is 23.9. The van der Waals surface area contributed by atoms with Gasteiger partial charge in [-0.05, 0) is 148 Å². The number of rotatable bonds is 14. The minimum Gasteiger partial charge on any atom is -0.444 e. The number of aryl methyl sites for hydroxylation is 2. The van der Waals surface area contributed by atoms with Gasteiger partial charge >= 0.3 is 6.09 Å². The third-order valence-electron chi connectivity index (χ3n) is 15.2. The topological polar surface area (TPSA) is 242 Å². The van der Waals surface area contributed by atoms with E-state index in [1.54, 1.807) is 61.6 Å². The fourth-order valence-corrected chi connectivity index (χ4v) is 12.1. The van der Waals surface area contributed by atoms with E-state index in [4.69, 9.17) is 22.1 Å². The lowest BCUT2D eigenvalue weighted by molar-refractivity contribution is -0.130. The van der Waals surface area contributed by atoms with E-state index in [2.05, 4.69) is 127 Å². The summed E-state index contributed by atoms with van der Waals surface area (Å²) in [5.74, 6) is 0.977. The molecule has 5 N–H and O–H groups in total. The van der Waals surface area contributed by atoms with Gasteiger partial charge in [-0.25, -0.2) is 44.7 Å². The molecule has 20 nitrogen and oxygen atoms in total. The number of nitrogens with two attached hydrogens (primary N) is 1. The van der Waals surface area contributed by atoms with E-state index in [1.165, 1.54) is 23.8 Å². The number of nitrogen functional groups attached to an aromatic ring is 1. The number of hydrogen-bond donors (Lipinski definition) is 4. The molecule has 3 amide bonds. The number of nitrogens with zero attached hydrogens (tertiary/aromatic N) is 12. The highest BCUT2D eigenvalue weighted by Crippen LogP contribution is 2.41. The van der Waals surface area contributed by atoms with E-state index in [1.807, 2.05) is 32.2 Å². The molecular formula is C57H68BrClN16O4S2. The molecule has 81 heavy (non-hydrogen) atoms. The first kappa shape index (κ1) is 57.4. The molecule has 4 aliphatic rings. The van der Waals surface area contributed by atoms with Crippen molar-refractivity contribution >= 4 is 113 Å². The lowest BCUT2D eigenvalue weighted by Gasteiger charge is -2.28. The first-order valence-electron chi connectivity index (χ1n) is 27.4. The third kappa shape index (κ3) is 13.4. The number of imidazole rings is 2. The van der Waals surface area contributed by atoms with Gasteiger partial charge in [0.05, 0.1) is 53.3 Å². The summed E-state index contributed by atoms with van der Waals surface area (Å²) in [7, 11) is 0. The molecule has 8 heterocycles. The van der Waals surface area contributed by atoms with Gasteiger partial charge in [0, 0.05) is 71.0 Å². The SMILES string of the molecule is Brc1cscn1.CCc1cc(-c2cscn2)cc(N2CC[C@](C)(C(=O)NC3CC3)C2)c1Cn1cnc2c(N)ncnc21.CCc1cc(Cl)cc(N2CC[C@](C)(C(=O)NC3CC3)C2)c1Cn1cnc2c(NC(=O)OC(C)(C)C)ncnc21. The Bertz CT molecular complexity index is 3560. The van der Waals surface area contributed by atoms with Gasteiger partial charge in [-0.3, -0.25) is 14.9 Å². The average Bonchev–Trinajstić information content (AvgIpc) is 4.09. The molecule has 0 spiro atoms. The molecule has 2 aromatic carbocycles. The first-order chi connectivity index (χ1) is 38.8. The Morgan fingerprint density at radius 3 is 1.79 bits per heavy atom. The number of fused-ring (bicyclic) bond motifs is 2. The van der Waals surface area contributed by atoms with Crippen LogP contribution in [0.5, 0.6) is 0 Å². The standard InChI is InChI=1S/C28H36ClN7O3.C26H30N8OS.C3H2BrNS/c1-6-17-11-18(29)12-21(35-10-9-28(5,14-35)25(37)33-19-7-8-19)20(17)13-36-16-32-22-23(30-15-31-24(22)36)34-26(38)39-27(2,3)4;1-3-16-8-17(20-11-36-15-31-20)9-21(33-7-6-26(2,12-33)25(35)32-18-4-5-18)19(16)10-34-14-30-22-23(27)28-13-29-24(22)34;4-3-1-6-2-5-3/h11-12,15-16,19H,6-10,13-14H2,1-5H3,(H,33,37)(H,30,31,34,38);8-9,11,13-15,18H,3-7,10,12H2,1-2H3,(H,32,35)(H2,27,28,29);1-2H/t28-;26-;/m00./s1. The van der Waals surface area contributed by atoms with Crippen molar-refractivity contribution in [1.29, 1.82) is 0 Å². The van der Waals surface area contributed by atoms with Crippen LogP contribution in [-0.4, -0.2) is 111 Å². The van der Waals surface area contributed by atoms with E-state index >= 15 is 0 Å². The van der Waals surface area contributed by atoms with Gasteiger partial charge in [0.25, 0.3) is 0 Å². The van der Waals surface area contributed by atoms with Gasteiger partial charge in [0.2, 0.25) is 11.8 Å². The second-order valence-electron chi connectivity index (χ2n) is 22.7. The molecule has 0 unspecified atom stereocenters. The van der Waals surface area contributed by atoms with E-state index in [0.717, 1.165) is 103 Å². The van der Waals surface area contributed by atoms with Crippen LogP contribution in [0.1, 0.15) is 109 Å². The van der Waals surface area contributed by atoms with Crippen LogP contribution in [0, 0.1) is 10.8 Å². The number of ether oxygens (including phenoxy) is 1. The Balaban J connectivity index is 0.000000165. The minimum atomic E-state index is -0.638. The zero-order chi connectivity index (χ0) is 57.2. The summed E-state index contributed by atoms with van der Waals surface area (Å²) in [4.78, 5) is 77.8. The molecule has 4 fully saturated rings. The van der Waals surface area contributed by atoms with Crippen molar-refractivity contribution in [1.82, 2.24) is 59.6 Å². The van der Waals surface area contributed by atoms with Crippen LogP contribution in [0.25, 0.3) is 33.6 Å². The summed E-state index contributed by atoms with van der Waals surface area (Å²) in [6.45, 7) is 17.8. The zero-order valence-electron chi connectivity index (χ0n) is 46.6. The minimum absolute atomic E-state index is 0.133. The molecule has 2 atom stereocenters. The largest absolute Gasteiger partial charge is 0.444 e. The highest BCUT2D eigenvalue weighted by atomic mass is 79.9. The Hall–Kier alpha value is -6.82. The molecule has 426 valence electrons. The number of halogens is 2. The van der Waals surface area contributed by atoms with Gasteiger partial charge in [-0.1, -0.05) is 25.4 Å². The van der Waals surface area contributed by atoms with Crippen LogP contribution in [0.15, 0.2) is 76.0 Å². The third-order valence-corrected chi connectivity index (χ3v) is 17.3. The number of nitrogens with one attached hydrogen (secondary N) is 3. The maximum Gasteiger partial charge on any atom is 0.413 e. The number of aromatic nitrogens is 10. The van der Waals surface area contributed by atoms with E-state index in [9.17, 15) is 14.4 Å². The van der Waals surface area contributed by atoms with Gasteiger partial charge in [0.1, 0.15) is 28.4 Å². The molecule has 2 saturated carbocycles. The van der Waals surface area contributed by atoms with Crippen molar-refractivity contribution in [2.45, 2.75) is 131 Å². The van der Waals surface area contributed by atoms with E-state index in [0.29, 0.717) is 71.4 Å². The number of hydrogen-bond acceptors (Lipinski definition) is 17. The predicted octanol–water partition coefficient (Wildman–Crippen LogP) is 10.5. The summed E-state index contributed by atoms with van der Waals surface area (Å²) in [5, 5.41) is 13.8. The van der Waals surface area contributed by atoms with Crippen LogP contribution >= 0.6 is 50.2 Å². The number of amides is 3. The number of benzene rings is 2. The maximum absolute atomic E-state index is 13.1. The lowest BCUT2D eigenvalue weighted by Crippen LogP contribution is -2.42. The molecule has 0 bridgehead atoms. The van der Waals surface area contributed by atoms with Crippen LogP contribution in [0.2, 0.25) is 5.02 Å². The number of anilines is 4. The van der Waals surface area contributed by atoms with Crippen LogP contribution in [-0.2, 0) is 40.3 Å². The summed E-state index contributed by atoms with van der Waals surface area (Å²) in [6, 6.07) is 9.16. The Morgan fingerprint density at radius 1 is 0.728 bits per heavy atom. The normalized spacial score (nSPS) is 18.8. The summed E-state index contributed by atoms with van der Waals surface area (Å²) in [5.41, 5.74) is 19.5. The average molecular weight is 1220 g/mol. The van der Waals surface area contributed by atoms with Gasteiger partial charge in [0.15, 0.2) is 28.4 Å². The zero-order valence-corrected chi connectivity index (χ0v) is 50.6. The number of thiazole rings is 2.